The highest BCUT2D eigenvalue weighted by atomic mass is 35.5. The first kappa shape index (κ1) is 16.5. The van der Waals surface area contributed by atoms with Crippen molar-refractivity contribution in [2.75, 3.05) is 17.2 Å². The van der Waals surface area contributed by atoms with Crippen molar-refractivity contribution in [1.82, 2.24) is 19.5 Å². The lowest BCUT2D eigenvalue weighted by Gasteiger charge is -2.16. The molecule has 4 N–H and O–H groups in total. The number of hydrogen-bond acceptors (Lipinski definition) is 8. The number of anilines is 1. The molecule has 23 heavy (non-hydrogen) atoms. The minimum atomic E-state index is -1.22. The van der Waals surface area contributed by atoms with Crippen molar-refractivity contribution in [3.05, 3.63) is 11.6 Å². The number of fused-ring (bicyclic) bond motifs is 1. The highest BCUT2D eigenvalue weighted by Crippen LogP contribution is 2.32. The van der Waals surface area contributed by atoms with E-state index in [-0.39, 0.29) is 22.5 Å². The topological polar surface area (TPSA) is 136 Å². The number of nitrogens with zero attached hydrogens (tertiary/aromatic N) is 4. The standard InChI is InChI=1S/C12H16ClN5O4S/c1-2-23(21)3-5-7(19)8(20)11(22-5)18-4-15-6-9(14)16-12(13)17-10(6)18/h4-5,7-8,11,19-20H,2-3H2,1H3,(H2,14,16,17)/t5-,7-,8-,11-,23?/m1/s1. The number of aliphatic hydroxyl groups excluding tert-OH is 2. The van der Waals surface area contributed by atoms with Crippen LogP contribution in [0.2, 0.25) is 5.28 Å². The lowest BCUT2D eigenvalue weighted by atomic mass is 10.1. The van der Waals surface area contributed by atoms with Crippen molar-refractivity contribution in [2.24, 2.45) is 0 Å². The van der Waals surface area contributed by atoms with Gasteiger partial charge >= 0.3 is 0 Å². The molecule has 1 unspecified atom stereocenters. The van der Waals surface area contributed by atoms with Crippen LogP contribution in [0.25, 0.3) is 11.2 Å². The number of ether oxygens (including phenoxy) is 1. The first-order chi connectivity index (χ1) is 10.9. The zero-order valence-electron chi connectivity index (χ0n) is 12.2. The summed E-state index contributed by atoms with van der Waals surface area (Å²) in [4.78, 5) is 11.9. The second-order valence-electron chi connectivity index (χ2n) is 5.14. The Morgan fingerprint density at radius 2 is 2.17 bits per heavy atom. The predicted molar refractivity (Wildman–Crippen MR) is 84.2 cm³/mol. The summed E-state index contributed by atoms with van der Waals surface area (Å²) < 4.78 is 18.8. The van der Waals surface area contributed by atoms with Crippen molar-refractivity contribution in [2.45, 2.75) is 31.5 Å². The average molecular weight is 362 g/mol. The van der Waals surface area contributed by atoms with E-state index in [9.17, 15) is 14.4 Å². The summed E-state index contributed by atoms with van der Waals surface area (Å²) in [5, 5.41) is 20.3. The van der Waals surface area contributed by atoms with Gasteiger partial charge < -0.3 is 20.7 Å². The maximum Gasteiger partial charge on any atom is 0.226 e. The largest absolute Gasteiger partial charge is 0.387 e. The molecule has 5 atom stereocenters. The molecule has 9 nitrogen and oxygen atoms in total. The van der Waals surface area contributed by atoms with Crippen LogP contribution in [0.4, 0.5) is 5.82 Å². The third-order valence-corrected chi connectivity index (χ3v) is 5.22. The van der Waals surface area contributed by atoms with Gasteiger partial charge in [-0.3, -0.25) is 8.78 Å². The fourth-order valence-electron chi connectivity index (χ4n) is 2.49. The van der Waals surface area contributed by atoms with Gasteiger partial charge in [-0.25, -0.2) is 4.98 Å². The third-order valence-electron chi connectivity index (χ3n) is 3.70. The molecule has 1 aliphatic heterocycles. The molecule has 2 aromatic heterocycles. The van der Waals surface area contributed by atoms with Gasteiger partial charge in [-0.15, -0.1) is 0 Å². The van der Waals surface area contributed by atoms with Gasteiger partial charge in [-0.05, 0) is 11.6 Å². The number of nitrogens with two attached hydrogens (primary N) is 1. The number of nitrogen functional groups attached to an aromatic ring is 1. The van der Waals surface area contributed by atoms with Crippen LogP contribution in [0.1, 0.15) is 13.2 Å². The number of imidazole rings is 1. The zero-order valence-corrected chi connectivity index (χ0v) is 13.7. The van der Waals surface area contributed by atoms with Gasteiger partial charge in [0.05, 0.1) is 12.1 Å². The molecule has 0 spiro atoms. The Kier molecular flexibility index (Phi) is 4.52. The van der Waals surface area contributed by atoms with Gasteiger partial charge in [0.1, 0.15) is 23.8 Å². The zero-order chi connectivity index (χ0) is 16.7. The van der Waals surface area contributed by atoms with E-state index in [0.717, 1.165) is 0 Å². The number of aromatic nitrogens is 4. The minimum absolute atomic E-state index is 0.0616. The van der Waals surface area contributed by atoms with Crippen LogP contribution in [-0.4, -0.2) is 63.8 Å². The summed E-state index contributed by atoms with van der Waals surface area (Å²) in [6, 6.07) is 0. The van der Waals surface area contributed by atoms with Gasteiger partial charge in [-0.2, -0.15) is 9.97 Å². The molecule has 1 fully saturated rings. The molecule has 11 heteroatoms. The third kappa shape index (κ3) is 2.92. The maximum atomic E-state index is 11.7. The molecular weight excluding hydrogens is 346 g/mol. The van der Waals surface area contributed by atoms with E-state index < -0.39 is 35.3 Å². The molecule has 0 bridgehead atoms. The fraction of sp³-hybridized carbons (Fsp3) is 0.583. The van der Waals surface area contributed by atoms with Crippen molar-refractivity contribution in [1.29, 1.82) is 0 Å². The van der Waals surface area contributed by atoms with Gasteiger partial charge in [0, 0.05) is 16.6 Å². The highest BCUT2D eigenvalue weighted by Gasteiger charge is 2.44. The van der Waals surface area contributed by atoms with E-state index in [4.69, 9.17) is 22.1 Å². The summed E-state index contributed by atoms with van der Waals surface area (Å²) in [7, 11) is -1.14. The minimum Gasteiger partial charge on any atom is -0.387 e. The Bertz CT molecular complexity index is 756. The normalized spacial score (nSPS) is 29.2. The van der Waals surface area contributed by atoms with Gasteiger partial charge in [-0.1, -0.05) is 6.92 Å². The first-order valence-electron chi connectivity index (χ1n) is 6.94. The molecule has 2 aromatic rings. The van der Waals surface area contributed by atoms with E-state index in [1.165, 1.54) is 10.9 Å². The Hall–Kier alpha value is -1.33. The molecule has 1 aliphatic rings. The van der Waals surface area contributed by atoms with Crippen LogP contribution in [0.15, 0.2) is 6.33 Å². The van der Waals surface area contributed by atoms with Crippen LogP contribution in [0, 0.1) is 0 Å². The quantitative estimate of drug-likeness (QED) is 0.617. The summed E-state index contributed by atoms with van der Waals surface area (Å²) in [6.07, 6.45) is -2.68. The monoisotopic (exact) mass is 361 g/mol. The fourth-order valence-corrected chi connectivity index (χ4v) is 3.54. The molecular formula is C12H16ClN5O4S. The van der Waals surface area contributed by atoms with Gasteiger partial charge in [0.25, 0.3) is 0 Å². The molecule has 1 saturated heterocycles. The summed E-state index contributed by atoms with van der Waals surface area (Å²) in [5.41, 5.74) is 6.35. The van der Waals surface area contributed by atoms with Crippen molar-refractivity contribution >= 4 is 39.4 Å². The maximum absolute atomic E-state index is 11.7. The van der Waals surface area contributed by atoms with Crippen LogP contribution in [-0.2, 0) is 15.5 Å². The summed E-state index contributed by atoms with van der Waals surface area (Å²) in [6.45, 7) is 1.77. The second-order valence-corrected chi connectivity index (χ2v) is 7.27. The number of aliphatic hydroxyl groups is 2. The highest BCUT2D eigenvalue weighted by molar-refractivity contribution is 7.84. The Morgan fingerprint density at radius 1 is 1.43 bits per heavy atom. The van der Waals surface area contributed by atoms with E-state index in [1.54, 1.807) is 6.92 Å². The first-order valence-corrected chi connectivity index (χ1v) is 8.81. The van der Waals surface area contributed by atoms with Crippen LogP contribution >= 0.6 is 11.6 Å². The number of rotatable bonds is 4. The van der Waals surface area contributed by atoms with E-state index >= 15 is 0 Å². The van der Waals surface area contributed by atoms with Crippen molar-refractivity contribution in [3.8, 4) is 0 Å². The van der Waals surface area contributed by atoms with Crippen molar-refractivity contribution in [3.63, 3.8) is 0 Å². The lowest BCUT2D eigenvalue weighted by Crippen LogP contribution is -2.34. The Balaban J connectivity index is 1.94. The second kappa shape index (κ2) is 6.29. The lowest BCUT2D eigenvalue weighted by molar-refractivity contribution is -0.0290. The van der Waals surface area contributed by atoms with Gasteiger partial charge in [0.15, 0.2) is 17.7 Å². The Labute approximate surface area is 138 Å². The number of halogens is 1. The predicted octanol–water partition coefficient (Wildman–Crippen LogP) is -0.550. The SMILES string of the molecule is CCS(=O)C[C@H]1O[C@@H](n2cnc3c(N)nc(Cl)nc32)[C@H](O)[C@@H]1O. The molecule has 3 rings (SSSR count). The van der Waals surface area contributed by atoms with Gasteiger partial charge in [0.2, 0.25) is 5.28 Å². The molecule has 0 aliphatic carbocycles. The van der Waals surface area contributed by atoms with Crippen LogP contribution in [0.3, 0.4) is 0 Å². The van der Waals surface area contributed by atoms with E-state index in [2.05, 4.69) is 15.0 Å². The van der Waals surface area contributed by atoms with Crippen molar-refractivity contribution < 1.29 is 19.2 Å². The Morgan fingerprint density at radius 3 is 2.87 bits per heavy atom. The molecule has 3 heterocycles. The van der Waals surface area contributed by atoms with Crippen LogP contribution < -0.4 is 5.73 Å². The molecule has 0 radical (unpaired) electrons. The number of hydrogen-bond donors (Lipinski definition) is 3. The summed E-state index contributed by atoms with van der Waals surface area (Å²) >= 11 is 5.80. The summed E-state index contributed by atoms with van der Waals surface area (Å²) in [5.74, 6) is 0.687. The molecule has 126 valence electrons. The molecule has 0 aromatic carbocycles. The smallest absolute Gasteiger partial charge is 0.226 e. The molecule has 0 saturated carbocycles. The van der Waals surface area contributed by atoms with E-state index in [0.29, 0.717) is 11.3 Å². The van der Waals surface area contributed by atoms with Crippen LogP contribution in [0.5, 0.6) is 0 Å². The van der Waals surface area contributed by atoms with E-state index in [1.807, 2.05) is 0 Å². The molecule has 0 amide bonds. The average Bonchev–Trinajstić information content (AvgIpc) is 3.03.